The number of hydrogen-bond donors (Lipinski definition) is 2. The number of likely N-dealkylation sites (N-methyl/N-ethyl adjacent to an activating group) is 1. The molecule has 17 heavy (non-hydrogen) atoms. The van der Waals surface area contributed by atoms with Crippen LogP contribution in [0.3, 0.4) is 0 Å². The van der Waals surface area contributed by atoms with E-state index in [2.05, 4.69) is 17.1 Å². The van der Waals surface area contributed by atoms with Gasteiger partial charge in [0.15, 0.2) is 0 Å². The van der Waals surface area contributed by atoms with E-state index >= 15 is 0 Å². The van der Waals surface area contributed by atoms with Crippen LogP contribution in [0.5, 0.6) is 0 Å². The Hall–Kier alpha value is -0.160. The van der Waals surface area contributed by atoms with Crippen molar-refractivity contribution in [3.63, 3.8) is 0 Å². The van der Waals surface area contributed by atoms with Gasteiger partial charge in [-0.05, 0) is 39.2 Å². The van der Waals surface area contributed by atoms with E-state index in [1.807, 2.05) is 7.05 Å². The lowest BCUT2D eigenvalue weighted by molar-refractivity contribution is 0.0530. The van der Waals surface area contributed by atoms with Gasteiger partial charge in [-0.1, -0.05) is 0 Å². The van der Waals surface area contributed by atoms with Crippen LogP contribution < -0.4 is 5.32 Å². The van der Waals surface area contributed by atoms with Gasteiger partial charge >= 0.3 is 0 Å². The van der Waals surface area contributed by atoms with Gasteiger partial charge in [-0.15, -0.1) is 0 Å². The summed E-state index contributed by atoms with van der Waals surface area (Å²) in [5.74, 6) is 0.650. The average molecular weight is 242 g/mol. The van der Waals surface area contributed by atoms with Gasteiger partial charge in [-0.3, -0.25) is 4.90 Å². The first kappa shape index (κ1) is 13.3. The Balaban J connectivity index is 1.96. The molecule has 1 aliphatic carbocycles. The number of rotatable bonds is 5. The molecule has 0 radical (unpaired) electrons. The summed E-state index contributed by atoms with van der Waals surface area (Å²) >= 11 is 0. The summed E-state index contributed by atoms with van der Waals surface area (Å²) in [5.41, 5.74) is -0.0932. The monoisotopic (exact) mass is 242 g/mol. The lowest BCUT2D eigenvalue weighted by atomic mass is 9.93. The van der Waals surface area contributed by atoms with Gasteiger partial charge in [0.2, 0.25) is 0 Å². The van der Waals surface area contributed by atoms with E-state index in [4.69, 9.17) is 4.74 Å². The molecule has 0 aromatic rings. The highest BCUT2D eigenvalue weighted by Crippen LogP contribution is 2.40. The third-order valence-electron chi connectivity index (χ3n) is 4.18. The second-order valence-corrected chi connectivity index (χ2v) is 5.61. The molecule has 4 heteroatoms. The molecule has 2 aliphatic rings. The summed E-state index contributed by atoms with van der Waals surface area (Å²) in [5, 5.41) is 13.1. The first-order valence-corrected chi connectivity index (χ1v) is 6.84. The predicted octanol–water partition coefficient (Wildman–Crippen LogP) is 0.458. The predicted molar refractivity (Wildman–Crippen MR) is 68.1 cm³/mol. The van der Waals surface area contributed by atoms with E-state index in [1.54, 1.807) is 0 Å². The van der Waals surface area contributed by atoms with Crippen molar-refractivity contribution in [2.45, 2.75) is 37.8 Å². The standard InChI is InChI=1S/C13H26N2O2/c1-11-8-15(6-3-7-17-11)9-13(10-16,14-2)12-4-5-12/h11-12,14,16H,3-10H2,1-2H3. The minimum Gasteiger partial charge on any atom is -0.394 e. The summed E-state index contributed by atoms with van der Waals surface area (Å²) in [6, 6.07) is 0. The molecule has 0 aromatic carbocycles. The molecule has 100 valence electrons. The third-order valence-corrected chi connectivity index (χ3v) is 4.18. The van der Waals surface area contributed by atoms with Crippen molar-refractivity contribution >= 4 is 0 Å². The molecular formula is C13H26N2O2. The number of aliphatic hydroxyl groups is 1. The van der Waals surface area contributed by atoms with Crippen LogP contribution in [0.2, 0.25) is 0 Å². The minimum absolute atomic E-state index is 0.0932. The minimum atomic E-state index is -0.0932. The quantitative estimate of drug-likeness (QED) is 0.735. The van der Waals surface area contributed by atoms with Crippen LogP contribution in [0.4, 0.5) is 0 Å². The number of nitrogens with zero attached hydrogens (tertiary/aromatic N) is 1. The van der Waals surface area contributed by atoms with Crippen LogP contribution >= 0.6 is 0 Å². The highest BCUT2D eigenvalue weighted by Gasteiger charge is 2.44. The Morgan fingerprint density at radius 1 is 1.47 bits per heavy atom. The molecule has 0 bridgehead atoms. The normalized spacial score (nSPS) is 30.9. The second kappa shape index (κ2) is 5.65. The summed E-state index contributed by atoms with van der Waals surface area (Å²) in [7, 11) is 1.98. The molecule has 2 fully saturated rings. The molecule has 2 atom stereocenters. The molecule has 1 saturated carbocycles. The molecule has 0 amide bonds. The van der Waals surface area contributed by atoms with Crippen LogP contribution in [0.25, 0.3) is 0 Å². The molecule has 1 saturated heterocycles. The van der Waals surface area contributed by atoms with Gasteiger partial charge in [0.05, 0.1) is 18.2 Å². The third kappa shape index (κ3) is 3.19. The van der Waals surface area contributed by atoms with Crippen LogP contribution in [0.15, 0.2) is 0 Å². The van der Waals surface area contributed by atoms with Gasteiger partial charge in [0, 0.05) is 26.2 Å². The van der Waals surface area contributed by atoms with Crippen molar-refractivity contribution in [3.8, 4) is 0 Å². The number of hydrogen-bond acceptors (Lipinski definition) is 4. The van der Waals surface area contributed by atoms with Gasteiger partial charge < -0.3 is 15.2 Å². The maximum Gasteiger partial charge on any atom is 0.0673 e. The Morgan fingerprint density at radius 3 is 2.82 bits per heavy atom. The number of aliphatic hydroxyl groups excluding tert-OH is 1. The van der Waals surface area contributed by atoms with Crippen molar-refractivity contribution in [3.05, 3.63) is 0 Å². The van der Waals surface area contributed by atoms with Crippen molar-refractivity contribution in [2.24, 2.45) is 5.92 Å². The average Bonchev–Trinajstić information content (AvgIpc) is 3.14. The zero-order valence-corrected chi connectivity index (χ0v) is 11.1. The molecule has 2 unspecified atom stereocenters. The largest absolute Gasteiger partial charge is 0.394 e. The highest BCUT2D eigenvalue weighted by atomic mass is 16.5. The van der Waals surface area contributed by atoms with E-state index in [9.17, 15) is 5.11 Å². The van der Waals surface area contributed by atoms with Crippen molar-refractivity contribution < 1.29 is 9.84 Å². The highest BCUT2D eigenvalue weighted by molar-refractivity contribution is 5.02. The van der Waals surface area contributed by atoms with Crippen LogP contribution in [0, 0.1) is 5.92 Å². The van der Waals surface area contributed by atoms with Gasteiger partial charge in [-0.25, -0.2) is 0 Å². The Bertz CT molecular complexity index is 240. The molecule has 1 aliphatic heterocycles. The van der Waals surface area contributed by atoms with E-state index in [1.165, 1.54) is 12.8 Å². The Morgan fingerprint density at radius 2 is 2.24 bits per heavy atom. The molecule has 0 spiro atoms. The zero-order chi connectivity index (χ0) is 12.3. The number of ether oxygens (including phenoxy) is 1. The first-order valence-electron chi connectivity index (χ1n) is 6.84. The molecular weight excluding hydrogens is 216 g/mol. The van der Waals surface area contributed by atoms with Crippen molar-refractivity contribution in [1.29, 1.82) is 0 Å². The topological polar surface area (TPSA) is 44.7 Å². The Kier molecular flexibility index (Phi) is 4.42. The van der Waals surface area contributed by atoms with E-state index in [0.29, 0.717) is 12.0 Å². The van der Waals surface area contributed by atoms with Crippen molar-refractivity contribution in [1.82, 2.24) is 10.2 Å². The van der Waals surface area contributed by atoms with Crippen molar-refractivity contribution in [2.75, 3.05) is 39.9 Å². The lowest BCUT2D eigenvalue weighted by Crippen LogP contribution is -2.57. The number of nitrogens with one attached hydrogen (secondary N) is 1. The van der Waals surface area contributed by atoms with Crippen LogP contribution in [-0.4, -0.2) is 61.5 Å². The van der Waals surface area contributed by atoms with Crippen LogP contribution in [0.1, 0.15) is 26.2 Å². The lowest BCUT2D eigenvalue weighted by Gasteiger charge is -2.37. The molecule has 2 rings (SSSR count). The Labute approximate surface area is 104 Å². The first-order chi connectivity index (χ1) is 8.20. The van der Waals surface area contributed by atoms with E-state index < -0.39 is 0 Å². The zero-order valence-electron chi connectivity index (χ0n) is 11.1. The smallest absolute Gasteiger partial charge is 0.0673 e. The van der Waals surface area contributed by atoms with E-state index in [0.717, 1.165) is 32.7 Å². The fraction of sp³-hybridized carbons (Fsp3) is 1.00. The van der Waals surface area contributed by atoms with Gasteiger partial charge in [0.1, 0.15) is 0 Å². The summed E-state index contributed by atoms with van der Waals surface area (Å²) in [4.78, 5) is 2.45. The SMILES string of the molecule is CNC(CO)(CN1CCCOC(C)C1)C1CC1. The summed E-state index contributed by atoms with van der Waals surface area (Å²) in [6.45, 7) is 6.25. The molecule has 1 heterocycles. The maximum absolute atomic E-state index is 9.73. The molecule has 0 aromatic heterocycles. The summed E-state index contributed by atoms with van der Waals surface area (Å²) < 4.78 is 5.67. The van der Waals surface area contributed by atoms with Crippen LogP contribution in [-0.2, 0) is 4.74 Å². The summed E-state index contributed by atoms with van der Waals surface area (Å²) in [6.07, 6.45) is 3.91. The van der Waals surface area contributed by atoms with E-state index in [-0.39, 0.29) is 12.1 Å². The van der Waals surface area contributed by atoms with Gasteiger partial charge in [-0.2, -0.15) is 0 Å². The maximum atomic E-state index is 9.73. The fourth-order valence-electron chi connectivity index (χ4n) is 2.93. The molecule has 2 N–H and O–H groups in total. The second-order valence-electron chi connectivity index (χ2n) is 5.61. The fourth-order valence-corrected chi connectivity index (χ4v) is 2.93. The molecule has 4 nitrogen and oxygen atoms in total. The van der Waals surface area contributed by atoms with Gasteiger partial charge in [0.25, 0.3) is 0 Å².